The molecular formula is C30H45N5O10S2. The minimum absolute atomic E-state index is 0.00184. The molecule has 0 spiro atoms. The zero-order valence-electron chi connectivity index (χ0n) is 27.3. The van der Waals surface area contributed by atoms with Gasteiger partial charge in [-0.15, -0.1) is 0 Å². The highest BCUT2D eigenvalue weighted by Gasteiger charge is 2.35. The lowest BCUT2D eigenvalue weighted by Gasteiger charge is -2.35. The van der Waals surface area contributed by atoms with Crippen molar-refractivity contribution in [2.75, 3.05) is 26.2 Å². The molecule has 1 heterocycles. The molecule has 1 aliphatic rings. The lowest BCUT2D eigenvalue weighted by atomic mass is 9.89. The van der Waals surface area contributed by atoms with Crippen LogP contribution in [-0.4, -0.2) is 96.1 Å². The number of rotatable bonds is 10. The van der Waals surface area contributed by atoms with E-state index in [9.17, 15) is 23.1 Å². The summed E-state index contributed by atoms with van der Waals surface area (Å²) in [6.45, 7) is 12.5. The van der Waals surface area contributed by atoms with Gasteiger partial charge in [0.2, 0.25) is 15.9 Å². The monoisotopic (exact) mass is 699 g/mol. The summed E-state index contributed by atoms with van der Waals surface area (Å²) in [5.74, 6) is -0.551. The minimum atomic E-state index is -4.67. The average molecular weight is 700 g/mol. The van der Waals surface area contributed by atoms with Gasteiger partial charge in [0.25, 0.3) is 0 Å². The van der Waals surface area contributed by atoms with Crippen molar-refractivity contribution in [3.05, 3.63) is 64.2 Å². The lowest BCUT2D eigenvalue weighted by Crippen LogP contribution is -2.56. The Kier molecular flexibility index (Phi) is 13.7. The molecule has 0 saturated carbocycles. The van der Waals surface area contributed by atoms with Gasteiger partial charge in [-0.05, 0) is 52.5 Å². The maximum Gasteiger partial charge on any atom is 0.407 e. The summed E-state index contributed by atoms with van der Waals surface area (Å²) in [6.07, 6.45) is -1.06. The number of nitrogens with one attached hydrogen (secondary N) is 1. The van der Waals surface area contributed by atoms with E-state index in [1.165, 1.54) is 9.80 Å². The van der Waals surface area contributed by atoms with Gasteiger partial charge in [-0.25, -0.2) is 13.2 Å². The largest absolute Gasteiger partial charge is 0.465 e. The van der Waals surface area contributed by atoms with Gasteiger partial charge < -0.3 is 25.8 Å². The second-order valence-electron chi connectivity index (χ2n) is 12.1. The number of carbonyl (C=O) groups excluding carboxylic acids is 1. The van der Waals surface area contributed by atoms with Crippen LogP contribution in [0.5, 0.6) is 0 Å². The smallest absolute Gasteiger partial charge is 0.407 e. The minimum Gasteiger partial charge on any atom is -0.465 e. The second-order valence-corrected chi connectivity index (χ2v) is 14.6. The fourth-order valence-electron chi connectivity index (χ4n) is 5.12. The Hall–Kier alpha value is -3.77. The molecule has 15 nitrogen and oxygen atoms in total. The van der Waals surface area contributed by atoms with E-state index in [4.69, 9.17) is 28.5 Å². The predicted molar refractivity (Wildman–Crippen MR) is 176 cm³/mol. The Morgan fingerprint density at radius 3 is 1.79 bits per heavy atom. The number of amidine groups is 1. The van der Waals surface area contributed by atoms with Gasteiger partial charge in [0.1, 0.15) is 6.04 Å². The van der Waals surface area contributed by atoms with E-state index in [0.717, 1.165) is 5.56 Å². The van der Waals surface area contributed by atoms with Crippen molar-refractivity contribution >= 4 is 38.3 Å². The number of nitrogens with zero attached hydrogens (tertiary/aromatic N) is 3. The number of sulfonamides is 1. The van der Waals surface area contributed by atoms with Gasteiger partial charge in [0.15, 0.2) is 5.84 Å². The first-order valence-electron chi connectivity index (χ1n) is 14.9. The standard InChI is InChI=1S/C30H43N5O6S.H2O4S/c1-18(2)23-16-24(19(3)4)27(25(17-23)20(5)6)42(40,41)33-26(15-21-8-7-9-22(14-21)28(31)32-39)29(36)34-10-12-35(13-11-34)30(37)38;1-5(2,3)4/h7-9,14,16-20,26,33,39H,10-13,15H2,1-6H3,(H2,31,32)(H,37,38);(H2,1,2,3,4). The Morgan fingerprint density at radius 1 is 0.872 bits per heavy atom. The van der Waals surface area contributed by atoms with E-state index < -0.39 is 38.5 Å². The summed E-state index contributed by atoms with van der Waals surface area (Å²) >= 11 is 0. The van der Waals surface area contributed by atoms with Gasteiger partial charge >= 0.3 is 16.5 Å². The number of benzene rings is 2. The molecule has 2 amide bonds. The third-order valence-corrected chi connectivity index (χ3v) is 9.18. The fraction of sp³-hybridized carbons (Fsp3) is 0.500. The van der Waals surface area contributed by atoms with Crippen molar-refractivity contribution < 1.29 is 45.8 Å². The number of carbonyl (C=O) groups is 2. The highest BCUT2D eigenvalue weighted by Crippen LogP contribution is 2.35. The van der Waals surface area contributed by atoms with Crippen molar-refractivity contribution in [3.63, 3.8) is 0 Å². The molecule has 2 aromatic carbocycles. The fourth-order valence-corrected chi connectivity index (χ4v) is 7.00. The molecule has 0 radical (unpaired) electrons. The van der Waals surface area contributed by atoms with Crippen LogP contribution in [0.3, 0.4) is 0 Å². The van der Waals surface area contributed by atoms with Gasteiger partial charge in [-0.3, -0.25) is 13.9 Å². The van der Waals surface area contributed by atoms with Crippen molar-refractivity contribution in [2.45, 2.75) is 76.7 Å². The van der Waals surface area contributed by atoms with E-state index in [0.29, 0.717) is 22.3 Å². The molecule has 262 valence electrons. The van der Waals surface area contributed by atoms with Crippen molar-refractivity contribution in [3.8, 4) is 0 Å². The van der Waals surface area contributed by atoms with Gasteiger partial charge in [-0.1, -0.05) is 77.0 Å². The molecule has 1 aliphatic heterocycles. The van der Waals surface area contributed by atoms with E-state index in [2.05, 4.69) is 23.7 Å². The molecule has 17 heteroatoms. The summed E-state index contributed by atoms with van der Waals surface area (Å²) in [4.78, 5) is 28.2. The number of oxime groups is 1. The lowest BCUT2D eigenvalue weighted by molar-refractivity contribution is -0.134. The first-order chi connectivity index (χ1) is 21.7. The van der Waals surface area contributed by atoms with Gasteiger partial charge in [0, 0.05) is 31.7 Å². The highest BCUT2D eigenvalue weighted by molar-refractivity contribution is 7.89. The van der Waals surface area contributed by atoms with E-state index in [1.54, 1.807) is 24.3 Å². The molecule has 1 unspecified atom stereocenters. The van der Waals surface area contributed by atoms with Crippen molar-refractivity contribution in [2.24, 2.45) is 10.9 Å². The first kappa shape index (κ1) is 39.4. The molecular weight excluding hydrogens is 654 g/mol. The Bertz CT molecular complexity index is 1630. The topological polar surface area (TPSA) is 240 Å². The predicted octanol–water partition coefficient (Wildman–Crippen LogP) is 3.21. The van der Waals surface area contributed by atoms with Crippen LogP contribution in [0.2, 0.25) is 0 Å². The van der Waals surface area contributed by atoms with Crippen LogP contribution in [-0.2, 0) is 31.6 Å². The van der Waals surface area contributed by atoms with E-state index >= 15 is 0 Å². The Balaban J connectivity index is 0.00000142. The van der Waals surface area contributed by atoms with Crippen LogP contribution >= 0.6 is 0 Å². The SMILES string of the molecule is CC(C)c1cc(C(C)C)c(S(=O)(=O)NC(Cc2cccc(/C(N)=N\O)c2)C(=O)N2CCN(C(=O)O)CC2)c(C(C)C)c1.O=S(=O)(O)O. The van der Waals surface area contributed by atoms with E-state index in [-0.39, 0.29) is 61.1 Å². The molecule has 3 rings (SSSR count). The number of piperazine rings is 1. The van der Waals surface area contributed by atoms with Crippen LogP contribution in [0.4, 0.5) is 4.79 Å². The number of hydrogen-bond acceptors (Lipinski definition) is 8. The molecule has 47 heavy (non-hydrogen) atoms. The maximum atomic E-state index is 14.3. The number of hydrogen-bond donors (Lipinski definition) is 6. The summed E-state index contributed by atoms with van der Waals surface area (Å²) in [5.41, 5.74) is 9.22. The first-order valence-corrected chi connectivity index (χ1v) is 17.8. The quantitative estimate of drug-likeness (QED) is 0.0692. The maximum absolute atomic E-state index is 14.3. The molecule has 1 fully saturated rings. The Labute approximate surface area is 276 Å². The summed E-state index contributed by atoms with van der Waals surface area (Å²) in [7, 11) is -8.87. The highest BCUT2D eigenvalue weighted by atomic mass is 32.3. The second kappa shape index (κ2) is 16.4. The molecule has 7 N–H and O–H groups in total. The number of nitrogens with two attached hydrogens (primary N) is 1. The third-order valence-electron chi connectivity index (χ3n) is 7.58. The zero-order valence-corrected chi connectivity index (χ0v) is 28.9. The summed E-state index contributed by atoms with van der Waals surface area (Å²) in [5, 5.41) is 21.5. The number of carboxylic acid groups (broad SMARTS) is 1. The summed E-state index contributed by atoms with van der Waals surface area (Å²) in [6, 6.07) is 9.41. The van der Waals surface area contributed by atoms with Gasteiger partial charge in [-0.2, -0.15) is 13.1 Å². The molecule has 1 atom stereocenters. The van der Waals surface area contributed by atoms with Crippen molar-refractivity contribution in [1.29, 1.82) is 0 Å². The van der Waals surface area contributed by atoms with Crippen LogP contribution in [0, 0.1) is 0 Å². The molecule has 0 bridgehead atoms. The molecule has 0 aliphatic carbocycles. The molecule has 0 aromatic heterocycles. The van der Waals surface area contributed by atoms with Crippen LogP contribution in [0.25, 0.3) is 0 Å². The zero-order chi connectivity index (χ0) is 35.9. The third kappa shape index (κ3) is 11.5. The number of amides is 2. The normalized spacial score (nSPS) is 15.1. The van der Waals surface area contributed by atoms with Crippen LogP contribution in [0.1, 0.15) is 87.1 Å². The molecule has 2 aromatic rings. The summed E-state index contributed by atoms with van der Waals surface area (Å²) < 4.78 is 62.9. The average Bonchev–Trinajstić information content (AvgIpc) is 2.98. The van der Waals surface area contributed by atoms with Crippen LogP contribution in [0.15, 0.2) is 46.4 Å². The Morgan fingerprint density at radius 2 is 1.36 bits per heavy atom. The van der Waals surface area contributed by atoms with Gasteiger partial charge in [0.05, 0.1) is 4.90 Å². The molecule has 1 saturated heterocycles. The van der Waals surface area contributed by atoms with Crippen LogP contribution < -0.4 is 10.5 Å². The van der Waals surface area contributed by atoms with E-state index in [1.807, 2.05) is 39.8 Å². The van der Waals surface area contributed by atoms with Crippen molar-refractivity contribution in [1.82, 2.24) is 14.5 Å².